The summed E-state index contributed by atoms with van der Waals surface area (Å²) in [6.07, 6.45) is 1.20. The van der Waals surface area contributed by atoms with Crippen molar-refractivity contribution in [1.29, 1.82) is 0 Å². The van der Waals surface area contributed by atoms with E-state index in [1.165, 1.54) is 6.42 Å². The van der Waals surface area contributed by atoms with Crippen molar-refractivity contribution in [2.75, 3.05) is 18.4 Å². The summed E-state index contributed by atoms with van der Waals surface area (Å²) in [4.78, 5) is 14.2. The summed E-state index contributed by atoms with van der Waals surface area (Å²) in [6, 6.07) is 7.75. The number of piperidine rings is 1. The summed E-state index contributed by atoms with van der Waals surface area (Å²) in [7, 11) is 0. The third-order valence-corrected chi connectivity index (χ3v) is 3.84. The molecule has 0 aromatic heterocycles. The predicted octanol–water partition coefficient (Wildman–Crippen LogP) is 3.22. The predicted molar refractivity (Wildman–Crippen MR) is 82.6 cm³/mol. The van der Waals surface area contributed by atoms with Gasteiger partial charge in [0.05, 0.1) is 0 Å². The maximum absolute atomic E-state index is 12.3. The monoisotopic (exact) mass is 275 g/mol. The van der Waals surface area contributed by atoms with E-state index in [-0.39, 0.29) is 12.1 Å². The van der Waals surface area contributed by atoms with E-state index in [4.69, 9.17) is 5.73 Å². The van der Waals surface area contributed by atoms with Gasteiger partial charge in [-0.15, -0.1) is 0 Å². The number of anilines is 1. The van der Waals surface area contributed by atoms with E-state index in [1.54, 1.807) is 0 Å². The first-order valence-electron chi connectivity index (χ1n) is 7.37. The first-order chi connectivity index (χ1) is 9.45. The molecule has 3 unspecified atom stereocenters. The molecule has 4 heteroatoms. The lowest BCUT2D eigenvalue weighted by molar-refractivity contribution is 0.156. The van der Waals surface area contributed by atoms with E-state index in [0.29, 0.717) is 11.8 Å². The van der Waals surface area contributed by atoms with Gasteiger partial charge in [0.15, 0.2) is 0 Å². The number of rotatable bonds is 2. The minimum atomic E-state index is -0.00283. The molecule has 1 fully saturated rings. The highest BCUT2D eigenvalue weighted by atomic mass is 16.2. The molecule has 0 saturated carbocycles. The molecule has 1 aromatic carbocycles. The number of carbonyl (C=O) groups excluding carboxylic acids is 1. The van der Waals surface area contributed by atoms with E-state index >= 15 is 0 Å². The van der Waals surface area contributed by atoms with Crippen LogP contribution in [0.1, 0.15) is 38.8 Å². The van der Waals surface area contributed by atoms with Crippen molar-refractivity contribution >= 4 is 11.7 Å². The van der Waals surface area contributed by atoms with Crippen molar-refractivity contribution < 1.29 is 4.79 Å². The molecule has 20 heavy (non-hydrogen) atoms. The fraction of sp³-hybridized carbons (Fsp3) is 0.562. The van der Waals surface area contributed by atoms with Gasteiger partial charge in [-0.25, -0.2) is 4.79 Å². The summed E-state index contributed by atoms with van der Waals surface area (Å²) in [5.41, 5.74) is 7.71. The molecule has 0 radical (unpaired) electrons. The number of amides is 2. The lowest BCUT2D eigenvalue weighted by Crippen LogP contribution is -2.44. The zero-order chi connectivity index (χ0) is 14.7. The molecular weight excluding hydrogens is 250 g/mol. The average molecular weight is 275 g/mol. The van der Waals surface area contributed by atoms with Gasteiger partial charge in [0.2, 0.25) is 0 Å². The van der Waals surface area contributed by atoms with Crippen LogP contribution in [0, 0.1) is 11.8 Å². The molecule has 1 aromatic rings. The first kappa shape index (κ1) is 14.9. The number of likely N-dealkylation sites (tertiary alicyclic amines) is 1. The van der Waals surface area contributed by atoms with Crippen LogP contribution < -0.4 is 11.1 Å². The van der Waals surface area contributed by atoms with Crippen molar-refractivity contribution in [3.8, 4) is 0 Å². The second-order valence-corrected chi connectivity index (χ2v) is 6.19. The Kier molecular flexibility index (Phi) is 4.65. The van der Waals surface area contributed by atoms with Crippen LogP contribution in [0.15, 0.2) is 24.3 Å². The van der Waals surface area contributed by atoms with Gasteiger partial charge in [-0.1, -0.05) is 26.0 Å². The maximum atomic E-state index is 12.3. The van der Waals surface area contributed by atoms with Gasteiger partial charge in [-0.2, -0.15) is 0 Å². The van der Waals surface area contributed by atoms with Crippen molar-refractivity contribution in [1.82, 2.24) is 4.90 Å². The zero-order valence-corrected chi connectivity index (χ0v) is 12.6. The van der Waals surface area contributed by atoms with Crippen LogP contribution in [0.5, 0.6) is 0 Å². The Bertz CT molecular complexity index is 445. The van der Waals surface area contributed by atoms with Gasteiger partial charge >= 0.3 is 6.03 Å². The molecule has 2 rings (SSSR count). The summed E-state index contributed by atoms with van der Waals surface area (Å²) in [5.74, 6) is 1.15. The molecule has 3 N–H and O–H groups in total. The highest BCUT2D eigenvalue weighted by molar-refractivity contribution is 5.89. The number of nitrogens with two attached hydrogens (primary N) is 1. The highest BCUT2D eigenvalue weighted by Crippen LogP contribution is 2.22. The molecule has 1 aliphatic heterocycles. The Morgan fingerprint density at radius 3 is 2.30 bits per heavy atom. The van der Waals surface area contributed by atoms with Crippen molar-refractivity contribution in [3.63, 3.8) is 0 Å². The molecule has 110 valence electrons. The summed E-state index contributed by atoms with van der Waals surface area (Å²) >= 11 is 0. The fourth-order valence-electron chi connectivity index (χ4n) is 2.90. The summed E-state index contributed by atoms with van der Waals surface area (Å²) < 4.78 is 0. The largest absolute Gasteiger partial charge is 0.324 e. The molecule has 0 spiro atoms. The van der Waals surface area contributed by atoms with Gasteiger partial charge < -0.3 is 16.0 Å². The molecule has 1 saturated heterocycles. The molecule has 0 aliphatic carbocycles. The lowest BCUT2D eigenvalue weighted by atomic mass is 9.92. The van der Waals surface area contributed by atoms with Gasteiger partial charge in [-0.3, -0.25) is 0 Å². The molecule has 4 nitrogen and oxygen atoms in total. The van der Waals surface area contributed by atoms with Crippen molar-refractivity contribution in [2.24, 2.45) is 17.6 Å². The van der Waals surface area contributed by atoms with Crippen molar-refractivity contribution in [3.05, 3.63) is 29.8 Å². The first-order valence-corrected chi connectivity index (χ1v) is 7.37. The van der Waals surface area contributed by atoms with Crippen LogP contribution in [0.25, 0.3) is 0 Å². The topological polar surface area (TPSA) is 58.4 Å². The third-order valence-electron chi connectivity index (χ3n) is 3.84. The number of nitrogens with zero attached hydrogens (tertiary/aromatic N) is 1. The van der Waals surface area contributed by atoms with Gasteiger partial charge in [0, 0.05) is 24.8 Å². The molecule has 2 amide bonds. The Morgan fingerprint density at radius 2 is 1.80 bits per heavy atom. The Hall–Kier alpha value is -1.55. The van der Waals surface area contributed by atoms with Crippen LogP contribution in [0.2, 0.25) is 0 Å². The van der Waals surface area contributed by atoms with Crippen LogP contribution in [-0.2, 0) is 0 Å². The smallest absolute Gasteiger partial charge is 0.321 e. The summed E-state index contributed by atoms with van der Waals surface area (Å²) in [6.45, 7) is 8.03. The van der Waals surface area contributed by atoms with Gasteiger partial charge in [-0.05, 0) is 42.9 Å². The minimum Gasteiger partial charge on any atom is -0.324 e. The normalized spacial score (nSPS) is 24.3. The molecule has 0 bridgehead atoms. The molecule has 1 heterocycles. The second-order valence-electron chi connectivity index (χ2n) is 6.19. The Morgan fingerprint density at radius 1 is 1.25 bits per heavy atom. The quantitative estimate of drug-likeness (QED) is 0.870. The van der Waals surface area contributed by atoms with E-state index in [9.17, 15) is 4.79 Å². The SMILES string of the molecule is CC1CC(C)CN(C(=O)Nc2ccc(C(C)N)cc2)C1. The van der Waals surface area contributed by atoms with Gasteiger partial charge in [0.1, 0.15) is 0 Å². The van der Waals surface area contributed by atoms with Crippen LogP contribution in [0.3, 0.4) is 0 Å². The zero-order valence-electron chi connectivity index (χ0n) is 12.6. The van der Waals surface area contributed by atoms with Gasteiger partial charge in [0.25, 0.3) is 0 Å². The number of hydrogen-bond acceptors (Lipinski definition) is 2. The standard InChI is InChI=1S/C16H25N3O/c1-11-8-12(2)10-19(9-11)16(20)18-15-6-4-14(5-7-15)13(3)17/h4-7,11-13H,8-10,17H2,1-3H3,(H,18,20). The maximum Gasteiger partial charge on any atom is 0.321 e. The van der Waals surface area contributed by atoms with Crippen LogP contribution in [0.4, 0.5) is 10.5 Å². The van der Waals surface area contributed by atoms with E-state index in [2.05, 4.69) is 19.2 Å². The number of hydrogen-bond donors (Lipinski definition) is 2. The number of benzene rings is 1. The average Bonchev–Trinajstić information content (AvgIpc) is 2.38. The molecule has 3 atom stereocenters. The molecule has 1 aliphatic rings. The van der Waals surface area contributed by atoms with Crippen LogP contribution in [-0.4, -0.2) is 24.0 Å². The molecular formula is C16H25N3O. The van der Waals surface area contributed by atoms with E-state index < -0.39 is 0 Å². The Balaban J connectivity index is 1.97. The van der Waals surface area contributed by atoms with E-state index in [0.717, 1.165) is 24.3 Å². The minimum absolute atomic E-state index is 0.00283. The lowest BCUT2D eigenvalue weighted by Gasteiger charge is -2.34. The number of carbonyl (C=O) groups is 1. The second kappa shape index (κ2) is 6.27. The Labute approximate surface area is 121 Å². The van der Waals surface area contributed by atoms with E-state index in [1.807, 2.05) is 36.1 Å². The van der Waals surface area contributed by atoms with Crippen molar-refractivity contribution in [2.45, 2.75) is 33.2 Å². The highest BCUT2D eigenvalue weighted by Gasteiger charge is 2.25. The van der Waals surface area contributed by atoms with Crippen LogP contribution >= 0.6 is 0 Å². The number of nitrogens with one attached hydrogen (secondary N) is 1. The fourth-order valence-corrected chi connectivity index (χ4v) is 2.90. The number of urea groups is 1. The third kappa shape index (κ3) is 3.73. The summed E-state index contributed by atoms with van der Waals surface area (Å²) in [5, 5.41) is 2.97.